The monoisotopic (exact) mass is 395 g/mol. The van der Waals surface area contributed by atoms with Crippen molar-refractivity contribution in [2.24, 2.45) is 0 Å². The summed E-state index contributed by atoms with van der Waals surface area (Å²) < 4.78 is 13.1. The molecule has 2 aromatic carbocycles. The predicted molar refractivity (Wildman–Crippen MR) is 108 cm³/mol. The van der Waals surface area contributed by atoms with E-state index in [9.17, 15) is 4.79 Å². The number of fused-ring (bicyclic) bond motifs is 1. The Balaban J connectivity index is 1.27. The van der Waals surface area contributed by atoms with E-state index in [0.29, 0.717) is 31.9 Å². The lowest BCUT2D eigenvalue weighted by atomic mass is 10.1. The molecule has 1 aromatic heterocycles. The highest BCUT2D eigenvalue weighted by molar-refractivity contribution is 7.99. The van der Waals surface area contributed by atoms with E-state index in [1.54, 1.807) is 24.3 Å². The number of nitrogens with one attached hydrogen (secondary N) is 1. The van der Waals surface area contributed by atoms with Crippen molar-refractivity contribution < 1.29 is 14.3 Å². The van der Waals surface area contributed by atoms with Crippen LogP contribution in [0.4, 0.5) is 0 Å². The Morgan fingerprint density at radius 1 is 1.14 bits per heavy atom. The summed E-state index contributed by atoms with van der Waals surface area (Å²) in [6.07, 6.45) is 5.84. The Kier molecular flexibility index (Phi) is 5.82. The number of nitrogens with zero attached hydrogens (tertiary/aromatic N) is 2. The van der Waals surface area contributed by atoms with Crippen LogP contribution in [0, 0.1) is 0 Å². The molecule has 0 unspecified atom stereocenters. The van der Waals surface area contributed by atoms with Gasteiger partial charge in [-0.3, -0.25) is 4.79 Å². The SMILES string of the molecule is O=C(CCSc1ccc2c(c1)OCCO2)NCc1ccccc1-n1ccnc1. The Labute approximate surface area is 167 Å². The minimum atomic E-state index is 0.0328. The summed E-state index contributed by atoms with van der Waals surface area (Å²) in [7, 11) is 0. The molecule has 0 atom stereocenters. The first-order chi connectivity index (χ1) is 13.8. The normalized spacial score (nSPS) is 12.6. The van der Waals surface area contributed by atoms with Crippen LogP contribution in [0.25, 0.3) is 5.69 Å². The van der Waals surface area contributed by atoms with E-state index >= 15 is 0 Å². The van der Waals surface area contributed by atoms with Gasteiger partial charge in [0.05, 0.1) is 12.0 Å². The van der Waals surface area contributed by atoms with E-state index in [1.165, 1.54) is 0 Å². The number of hydrogen-bond acceptors (Lipinski definition) is 5. The second-order valence-corrected chi connectivity index (χ2v) is 7.45. The zero-order chi connectivity index (χ0) is 19.2. The lowest BCUT2D eigenvalue weighted by Crippen LogP contribution is -2.23. The third-order valence-electron chi connectivity index (χ3n) is 4.36. The number of hydrogen-bond donors (Lipinski definition) is 1. The van der Waals surface area contributed by atoms with E-state index in [1.807, 2.05) is 53.2 Å². The molecule has 1 amide bonds. The average Bonchev–Trinajstić information content (AvgIpc) is 3.27. The summed E-state index contributed by atoms with van der Waals surface area (Å²) in [6.45, 7) is 1.65. The van der Waals surface area contributed by atoms with Crippen molar-refractivity contribution >= 4 is 17.7 Å². The second-order valence-electron chi connectivity index (χ2n) is 6.28. The van der Waals surface area contributed by atoms with Gasteiger partial charge in [-0.25, -0.2) is 4.98 Å². The van der Waals surface area contributed by atoms with E-state index < -0.39 is 0 Å². The van der Waals surface area contributed by atoms with Gasteiger partial charge in [0.2, 0.25) is 5.91 Å². The molecule has 28 heavy (non-hydrogen) atoms. The summed E-state index contributed by atoms with van der Waals surface area (Å²) in [5.41, 5.74) is 2.07. The van der Waals surface area contributed by atoms with Crippen LogP contribution in [0.2, 0.25) is 0 Å². The van der Waals surface area contributed by atoms with Gasteiger partial charge in [0.15, 0.2) is 11.5 Å². The molecule has 0 bridgehead atoms. The predicted octanol–water partition coefficient (Wildman–Crippen LogP) is 3.44. The molecule has 1 aliphatic heterocycles. The molecule has 1 aliphatic rings. The van der Waals surface area contributed by atoms with Gasteiger partial charge in [-0.1, -0.05) is 18.2 Å². The molecule has 1 N–H and O–H groups in total. The molecule has 0 saturated heterocycles. The first kappa shape index (κ1) is 18.4. The van der Waals surface area contributed by atoms with Gasteiger partial charge in [-0.15, -0.1) is 11.8 Å². The van der Waals surface area contributed by atoms with Gasteiger partial charge >= 0.3 is 0 Å². The molecule has 0 aliphatic carbocycles. The van der Waals surface area contributed by atoms with Crippen LogP contribution < -0.4 is 14.8 Å². The van der Waals surface area contributed by atoms with Gasteiger partial charge in [0.25, 0.3) is 0 Å². The van der Waals surface area contributed by atoms with Crippen molar-refractivity contribution in [3.05, 3.63) is 66.7 Å². The number of amides is 1. The molecular formula is C21H21N3O3S. The van der Waals surface area contributed by atoms with Gasteiger partial charge in [0.1, 0.15) is 13.2 Å². The van der Waals surface area contributed by atoms with Crippen molar-refractivity contribution in [2.75, 3.05) is 19.0 Å². The fourth-order valence-electron chi connectivity index (χ4n) is 2.97. The molecule has 144 valence electrons. The van der Waals surface area contributed by atoms with E-state index in [2.05, 4.69) is 10.3 Å². The Bertz CT molecular complexity index is 944. The molecule has 7 heteroatoms. The maximum atomic E-state index is 12.2. The van der Waals surface area contributed by atoms with E-state index in [0.717, 1.165) is 27.6 Å². The number of benzene rings is 2. The molecule has 0 saturated carbocycles. The number of carbonyl (C=O) groups excluding carboxylic acids is 1. The summed E-state index contributed by atoms with van der Waals surface area (Å²) in [5.74, 6) is 2.29. The third kappa shape index (κ3) is 4.48. The standard InChI is InChI=1S/C21H21N3O3S/c25-21(7-12-28-17-5-6-19-20(13-17)27-11-10-26-19)23-14-16-3-1-2-4-18(16)24-9-8-22-15-24/h1-6,8-9,13,15H,7,10-12,14H2,(H,23,25). The highest BCUT2D eigenvalue weighted by Gasteiger charge is 2.12. The lowest BCUT2D eigenvalue weighted by Gasteiger charge is -2.18. The summed E-state index contributed by atoms with van der Waals surface area (Å²) in [4.78, 5) is 17.4. The van der Waals surface area contributed by atoms with Gasteiger partial charge < -0.3 is 19.4 Å². The van der Waals surface area contributed by atoms with Crippen LogP contribution in [0.15, 0.2) is 66.1 Å². The van der Waals surface area contributed by atoms with Crippen molar-refractivity contribution in [3.8, 4) is 17.2 Å². The topological polar surface area (TPSA) is 65.4 Å². The molecule has 0 radical (unpaired) electrons. The summed E-state index contributed by atoms with van der Waals surface area (Å²) in [5, 5.41) is 3.01. The first-order valence-electron chi connectivity index (χ1n) is 9.15. The number of carbonyl (C=O) groups is 1. The lowest BCUT2D eigenvalue weighted by molar-refractivity contribution is -0.120. The van der Waals surface area contributed by atoms with Gasteiger partial charge in [0, 0.05) is 36.0 Å². The van der Waals surface area contributed by atoms with Crippen molar-refractivity contribution in [1.82, 2.24) is 14.9 Å². The number of aromatic nitrogens is 2. The van der Waals surface area contributed by atoms with E-state index in [4.69, 9.17) is 9.47 Å². The second kappa shape index (κ2) is 8.84. The Hall–Kier alpha value is -2.93. The highest BCUT2D eigenvalue weighted by atomic mass is 32.2. The summed E-state index contributed by atoms with van der Waals surface area (Å²) in [6, 6.07) is 13.9. The van der Waals surface area contributed by atoms with Gasteiger partial charge in [-0.05, 0) is 29.8 Å². The Morgan fingerprint density at radius 2 is 2.00 bits per heavy atom. The van der Waals surface area contributed by atoms with E-state index in [-0.39, 0.29) is 5.91 Å². The molecule has 6 nitrogen and oxygen atoms in total. The molecule has 0 spiro atoms. The van der Waals surface area contributed by atoms with Crippen LogP contribution in [-0.2, 0) is 11.3 Å². The molecule has 3 aromatic rings. The zero-order valence-corrected chi connectivity index (χ0v) is 16.2. The van der Waals surface area contributed by atoms with Crippen LogP contribution in [-0.4, -0.2) is 34.4 Å². The fourth-order valence-corrected chi connectivity index (χ4v) is 3.85. The van der Waals surface area contributed by atoms with Crippen LogP contribution in [0.3, 0.4) is 0 Å². The van der Waals surface area contributed by atoms with Crippen molar-refractivity contribution in [1.29, 1.82) is 0 Å². The first-order valence-corrected chi connectivity index (χ1v) is 10.1. The number of rotatable bonds is 7. The molecule has 4 rings (SSSR count). The largest absolute Gasteiger partial charge is 0.486 e. The fraction of sp³-hybridized carbons (Fsp3) is 0.238. The highest BCUT2D eigenvalue weighted by Crippen LogP contribution is 2.34. The van der Waals surface area contributed by atoms with Crippen LogP contribution in [0.5, 0.6) is 11.5 Å². The molecular weight excluding hydrogens is 374 g/mol. The smallest absolute Gasteiger partial charge is 0.221 e. The number of para-hydroxylation sites is 1. The molecule has 0 fully saturated rings. The van der Waals surface area contributed by atoms with Crippen molar-refractivity contribution in [3.63, 3.8) is 0 Å². The summed E-state index contributed by atoms with van der Waals surface area (Å²) >= 11 is 1.64. The average molecular weight is 395 g/mol. The minimum Gasteiger partial charge on any atom is -0.486 e. The quantitative estimate of drug-likeness (QED) is 0.621. The maximum absolute atomic E-state index is 12.2. The maximum Gasteiger partial charge on any atom is 0.221 e. The third-order valence-corrected chi connectivity index (χ3v) is 5.36. The van der Waals surface area contributed by atoms with Crippen LogP contribution >= 0.6 is 11.8 Å². The Morgan fingerprint density at radius 3 is 2.86 bits per heavy atom. The zero-order valence-electron chi connectivity index (χ0n) is 15.3. The van der Waals surface area contributed by atoms with Crippen molar-refractivity contribution in [2.45, 2.75) is 17.9 Å². The number of ether oxygens (including phenoxy) is 2. The minimum absolute atomic E-state index is 0.0328. The number of imidazole rings is 1. The van der Waals surface area contributed by atoms with Crippen LogP contribution in [0.1, 0.15) is 12.0 Å². The molecule has 2 heterocycles. The number of thioether (sulfide) groups is 1. The van der Waals surface area contributed by atoms with Gasteiger partial charge in [-0.2, -0.15) is 0 Å².